The van der Waals surface area contributed by atoms with E-state index in [-0.39, 0.29) is 32.0 Å². The van der Waals surface area contributed by atoms with Crippen molar-refractivity contribution in [3.63, 3.8) is 0 Å². The van der Waals surface area contributed by atoms with Crippen LogP contribution in [-0.4, -0.2) is 53.8 Å². The summed E-state index contributed by atoms with van der Waals surface area (Å²) in [5.74, 6) is -1.38. The lowest BCUT2D eigenvalue weighted by Gasteiger charge is -2.19. The largest absolute Gasteiger partial charge is 0.480 e. The minimum absolute atomic E-state index is 0.0213. The number of carbonyl (C=O) groups excluding carboxylic acids is 1. The predicted octanol–water partition coefficient (Wildman–Crippen LogP) is -0.223. The number of nitrogens with zero attached hydrogens (tertiary/aromatic N) is 2. The summed E-state index contributed by atoms with van der Waals surface area (Å²) in [7, 11) is 1.49. The number of carboxylic acid groups (broad SMARTS) is 1. The Bertz CT molecular complexity index is 363. The SMILES string of the molecule is COCCN(CC(=O)O)C(=O)Cc1ccon1. The lowest BCUT2D eigenvalue weighted by Crippen LogP contribution is -2.38. The van der Waals surface area contributed by atoms with Crippen molar-refractivity contribution in [3.05, 3.63) is 18.0 Å². The average Bonchev–Trinajstić information content (AvgIpc) is 2.76. The number of hydrogen-bond donors (Lipinski definition) is 1. The van der Waals surface area contributed by atoms with Gasteiger partial charge in [-0.2, -0.15) is 0 Å². The smallest absolute Gasteiger partial charge is 0.323 e. The summed E-state index contributed by atoms with van der Waals surface area (Å²) in [5, 5.41) is 12.3. The highest BCUT2D eigenvalue weighted by Crippen LogP contribution is 2.00. The second-order valence-corrected chi connectivity index (χ2v) is 3.37. The Morgan fingerprint density at radius 2 is 2.35 bits per heavy atom. The molecule has 0 aliphatic carbocycles. The Morgan fingerprint density at radius 3 is 2.88 bits per heavy atom. The molecule has 0 radical (unpaired) electrons. The molecule has 1 amide bonds. The number of aliphatic carboxylic acids is 1. The van der Waals surface area contributed by atoms with Crippen molar-refractivity contribution in [2.75, 3.05) is 26.8 Å². The second-order valence-electron chi connectivity index (χ2n) is 3.37. The van der Waals surface area contributed by atoms with Crippen LogP contribution in [-0.2, 0) is 20.7 Å². The molecule has 0 bridgehead atoms. The maximum Gasteiger partial charge on any atom is 0.323 e. The van der Waals surface area contributed by atoms with E-state index < -0.39 is 5.97 Å². The zero-order chi connectivity index (χ0) is 12.7. The van der Waals surface area contributed by atoms with Crippen LogP contribution >= 0.6 is 0 Å². The van der Waals surface area contributed by atoms with Crippen molar-refractivity contribution in [3.8, 4) is 0 Å². The predicted molar refractivity (Wildman–Crippen MR) is 56.3 cm³/mol. The van der Waals surface area contributed by atoms with Crippen LogP contribution in [0, 0.1) is 0 Å². The third-order valence-electron chi connectivity index (χ3n) is 2.07. The van der Waals surface area contributed by atoms with Crippen molar-refractivity contribution in [1.82, 2.24) is 10.1 Å². The standard InChI is InChI=1S/C10H14N2O5/c1-16-5-3-12(7-10(14)15)9(13)6-8-2-4-17-11-8/h2,4H,3,5-7H2,1H3,(H,14,15). The van der Waals surface area contributed by atoms with Gasteiger partial charge in [0.25, 0.3) is 0 Å². The number of carbonyl (C=O) groups is 2. The molecule has 0 spiro atoms. The van der Waals surface area contributed by atoms with Gasteiger partial charge in [-0.3, -0.25) is 9.59 Å². The van der Waals surface area contributed by atoms with Gasteiger partial charge in [0.15, 0.2) is 0 Å². The van der Waals surface area contributed by atoms with Gasteiger partial charge in [-0.25, -0.2) is 0 Å². The molecule has 7 nitrogen and oxygen atoms in total. The van der Waals surface area contributed by atoms with E-state index in [2.05, 4.69) is 9.68 Å². The van der Waals surface area contributed by atoms with E-state index in [4.69, 9.17) is 9.84 Å². The zero-order valence-electron chi connectivity index (χ0n) is 9.46. The van der Waals surface area contributed by atoms with Crippen molar-refractivity contribution < 1.29 is 24.0 Å². The number of amides is 1. The Morgan fingerprint density at radius 1 is 1.59 bits per heavy atom. The third-order valence-corrected chi connectivity index (χ3v) is 2.07. The number of ether oxygens (including phenoxy) is 1. The van der Waals surface area contributed by atoms with Crippen LogP contribution < -0.4 is 0 Å². The van der Waals surface area contributed by atoms with Crippen molar-refractivity contribution in [1.29, 1.82) is 0 Å². The quantitative estimate of drug-likeness (QED) is 0.710. The maximum absolute atomic E-state index is 11.8. The highest BCUT2D eigenvalue weighted by Gasteiger charge is 2.17. The maximum atomic E-state index is 11.8. The summed E-state index contributed by atoms with van der Waals surface area (Å²) in [4.78, 5) is 23.6. The molecule has 0 unspecified atom stereocenters. The topological polar surface area (TPSA) is 92.9 Å². The van der Waals surface area contributed by atoms with Gasteiger partial charge in [0, 0.05) is 19.7 Å². The molecular formula is C10H14N2O5. The highest BCUT2D eigenvalue weighted by molar-refractivity contribution is 5.82. The molecule has 1 heterocycles. The first-order chi connectivity index (χ1) is 8.13. The first kappa shape index (κ1) is 13.2. The Labute approximate surface area is 97.9 Å². The molecule has 0 aliphatic heterocycles. The fourth-order valence-corrected chi connectivity index (χ4v) is 1.25. The summed E-state index contributed by atoms with van der Waals surface area (Å²) in [6.07, 6.45) is 1.38. The Hall–Kier alpha value is -1.89. The minimum atomic E-state index is -1.06. The molecule has 1 rings (SSSR count). The van der Waals surface area contributed by atoms with E-state index in [9.17, 15) is 9.59 Å². The van der Waals surface area contributed by atoms with Crippen LogP contribution in [0.15, 0.2) is 16.9 Å². The van der Waals surface area contributed by atoms with Gasteiger partial charge in [-0.05, 0) is 0 Å². The van der Waals surface area contributed by atoms with E-state index in [1.54, 1.807) is 6.07 Å². The molecule has 0 aliphatic rings. The monoisotopic (exact) mass is 242 g/mol. The summed E-state index contributed by atoms with van der Waals surface area (Å²) in [6.45, 7) is 0.178. The molecule has 7 heteroatoms. The van der Waals surface area contributed by atoms with Gasteiger partial charge in [-0.1, -0.05) is 5.16 Å². The van der Waals surface area contributed by atoms with Gasteiger partial charge in [-0.15, -0.1) is 0 Å². The molecule has 0 fully saturated rings. The van der Waals surface area contributed by atoms with E-state index in [0.29, 0.717) is 5.69 Å². The van der Waals surface area contributed by atoms with Crippen LogP contribution in [0.3, 0.4) is 0 Å². The van der Waals surface area contributed by atoms with E-state index >= 15 is 0 Å². The minimum Gasteiger partial charge on any atom is -0.480 e. The molecular weight excluding hydrogens is 228 g/mol. The molecule has 1 N–H and O–H groups in total. The van der Waals surface area contributed by atoms with Crippen LogP contribution in [0.5, 0.6) is 0 Å². The van der Waals surface area contributed by atoms with Gasteiger partial charge in [0.05, 0.1) is 18.7 Å². The Balaban J connectivity index is 2.55. The van der Waals surface area contributed by atoms with Crippen LogP contribution in [0.1, 0.15) is 5.69 Å². The van der Waals surface area contributed by atoms with E-state index in [0.717, 1.165) is 0 Å². The fraction of sp³-hybridized carbons (Fsp3) is 0.500. The second kappa shape index (κ2) is 6.64. The summed E-state index contributed by atoms with van der Waals surface area (Å²) in [5.41, 5.74) is 0.475. The summed E-state index contributed by atoms with van der Waals surface area (Å²) >= 11 is 0. The first-order valence-electron chi connectivity index (χ1n) is 5.01. The summed E-state index contributed by atoms with van der Waals surface area (Å²) < 4.78 is 9.41. The normalized spacial score (nSPS) is 10.2. The van der Waals surface area contributed by atoms with Gasteiger partial charge < -0.3 is 19.3 Å². The fourth-order valence-electron chi connectivity index (χ4n) is 1.25. The molecule has 94 valence electrons. The molecule has 1 aromatic heterocycles. The lowest BCUT2D eigenvalue weighted by atomic mass is 10.2. The number of hydrogen-bond acceptors (Lipinski definition) is 5. The number of rotatable bonds is 7. The Kier molecular flexibility index (Phi) is 5.15. The number of carboxylic acids is 1. The zero-order valence-corrected chi connectivity index (χ0v) is 9.46. The lowest BCUT2D eigenvalue weighted by molar-refractivity contribution is -0.144. The van der Waals surface area contributed by atoms with Crippen molar-refractivity contribution >= 4 is 11.9 Å². The molecule has 0 atom stereocenters. The van der Waals surface area contributed by atoms with Crippen LogP contribution in [0.2, 0.25) is 0 Å². The average molecular weight is 242 g/mol. The van der Waals surface area contributed by atoms with Gasteiger partial charge in [0.2, 0.25) is 5.91 Å². The molecule has 0 saturated heterocycles. The van der Waals surface area contributed by atoms with Gasteiger partial charge in [0.1, 0.15) is 12.8 Å². The molecule has 0 aromatic carbocycles. The van der Waals surface area contributed by atoms with Crippen LogP contribution in [0.4, 0.5) is 0 Å². The van der Waals surface area contributed by atoms with Gasteiger partial charge >= 0.3 is 5.97 Å². The molecule has 17 heavy (non-hydrogen) atoms. The molecule has 1 aromatic rings. The molecule has 0 saturated carbocycles. The first-order valence-corrected chi connectivity index (χ1v) is 5.01. The van der Waals surface area contributed by atoms with Crippen molar-refractivity contribution in [2.45, 2.75) is 6.42 Å². The number of methoxy groups -OCH3 is 1. The number of aromatic nitrogens is 1. The van der Waals surface area contributed by atoms with E-state index in [1.807, 2.05) is 0 Å². The summed E-state index contributed by atoms with van der Waals surface area (Å²) in [6, 6.07) is 1.56. The van der Waals surface area contributed by atoms with Crippen LogP contribution in [0.25, 0.3) is 0 Å². The van der Waals surface area contributed by atoms with Crippen molar-refractivity contribution in [2.24, 2.45) is 0 Å². The highest BCUT2D eigenvalue weighted by atomic mass is 16.5. The third kappa shape index (κ3) is 4.64. The van der Waals surface area contributed by atoms with E-state index in [1.165, 1.54) is 18.3 Å².